The van der Waals surface area contributed by atoms with Crippen molar-refractivity contribution in [3.8, 4) is 17.6 Å². The normalized spacial score (nSPS) is 14.6. The van der Waals surface area contributed by atoms with Crippen LogP contribution in [0.2, 0.25) is 0 Å². The number of rotatable bonds is 5. The molecule has 0 bridgehead atoms. The molecule has 0 spiro atoms. The van der Waals surface area contributed by atoms with Gasteiger partial charge in [0.1, 0.15) is 11.4 Å². The van der Waals surface area contributed by atoms with Gasteiger partial charge in [0.05, 0.1) is 0 Å². The highest BCUT2D eigenvalue weighted by Crippen LogP contribution is 2.26. The third-order valence-electron chi connectivity index (χ3n) is 3.71. The van der Waals surface area contributed by atoms with Gasteiger partial charge in [-0.1, -0.05) is 18.4 Å². The molecule has 3 nitrogen and oxygen atoms in total. The maximum absolute atomic E-state index is 9.85. The third kappa shape index (κ3) is 4.37. The van der Waals surface area contributed by atoms with Gasteiger partial charge < -0.3 is 14.6 Å². The van der Waals surface area contributed by atoms with Gasteiger partial charge in [0.2, 0.25) is 0 Å². The van der Waals surface area contributed by atoms with Gasteiger partial charge in [-0.05, 0) is 70.4 Å². The smallest absolute Gasteiger partial charge is 0.157 e. The lowest BCUT2D eigenvalue weighted by Crippen LogP contribution is -2.30. The molecule has 0 radical (unpaired) electrons. The highest BCUT2D eigenvalue weighted by Gasteiger charge is 2.21. The Morgan fingerprint density at radius 2 is 2.00 bits per heavy atom. The van der Waals surface area contributed by atoms with Gasteiger partial charge in [0.15, 0.2) is 6.29 Å². The lowest BCUT2D eigenvalue weighted by Gasteiger charge is -2.24. The van der Waals surface area contributed by atoms with Crippen molar-refractivity contribution in [3.63, 3.8) is 0 Å². The molecule has 2 unspecified atom stereocenters. The molecule has 22 heavy (non-hydrogen) atoms. The van der Waals surface area contributed by atoms with Gasteiger partial charge in [-0.2, -0.15) is 0 Å². The molecule has 0 saturated heterocycles. The quantitative estimate of drug-likeness (QED) is 0.507. The van der Waals surface area contributed by atoms with Crippen molar-refractivity contribution < 1.29 is 14.6 Å². The molecule has 1 aromatic rings. The highest BCUT2D eigenvalue weighted by molar-refractivity contribution is 5.55. The fourth-order valence-electron chi connectivity index (χ4n) is 2.18. The summed E-state index contributed by atoms with van der Waals surface area (Å²) in [7, 11) is 0. The molecule has 1 rings (SSSR count). The van der Waals surface area contributed by atoms with E-state index >= 15 is 0 Å². The SMILES string of the molecule is C=CC(C)(C#Cc1c(C)cc(O)c(C)c1C)OC(C)OCC. The molecular weight excluding hydrogens is 276 g/mol. The molecule has 1 N–H and O–H groups in total. The van der Waals surface area contributed by atoms with Crippen molar-refractivity contribution >= 4 is 0 Å². The van der Waals surface area contributed by atoms with Crippen molar-refractivity contribution in [1.82, 2.24) is 0 Å². The Hall–Kier alpha value is -1.76. The number of ether oxygens (including phenoxy) is 2. The van der Waals surface area contributed by atoms with E-state index in [-0.39, 0.29) is 6.29 Å². The number of phenols is 1. The summed E-state index contributed by atoms with van der Waals surface area (Å²) in [6, 6.07) is 1.74. The number of hydrogen-bond donors (Lipinski definition) is 1. The Kier molecular flexibility index (Phi) is 6.22. The number of benzene rings is 1. The van der Waals surface area contributed by atoms with Gasteiger partial charge >= 0.3 is 0 Å². The van der Waals surface area contributed by atoms with E-state index < -0.39 is 5.60 Å². The molecule has 0 aliphatic heterocycles. The molecule has 0 saturated carbocycles. The van der Waals surface area contributed by atoms with Gasteiger partial charge in [0.25, 0.3) is 0 Å². The Labute approximate surface area is 134 Å². The van der Waals surface area contributed by atoms with Crippen LogP contribution in [0.4, 0.5) is 0 Å². The van der Waals surface area contributed by atoms with Crippen LogP contribution in [0.5, 0.6) is 5.75 Å². The van der Waals surface area contributed by atoms with E-state index in [1.54, 1.807) is 12.1 Å². The van der Waals surface area contributed by atoms with Crippen LogP contribution in [-0.4, -0.2) is 23.6 Å². The topological polar surface area (TPSA) is 38.7 Å². The zero-order chi connectivity index (χ0) is 16.9. The predicted octanol–water partition coefficient (Wildman–Crippen LogP) is 4.01. The zero-order valence-corrected chi connectivity index (χ0v) is 14.4. The fourth-order valence-corrected chi connectivity index (χ4v) is 2.18. The highest BCUT2D eigenvalue weighted by atomic mass is 16.7. The van der Waals surface area contributed by atoms with Crippen molar-refractivity contribution in [1.29, 1.82) is 0 Å². The van der Waals surface area contributed by atoms with Crippen LogP contribution >= 0.6 is 0 Å². The lowest BCUT2D eigenvalue weighted by molar-refractivity contribution is -0.161. The zero-order valence-electron chi connectivity index (χ0n) is 14.4. The molecule has 0 aliphatic rings. The van der Waals surface area contributed by atoms with E-state index in [9.17, 15) is 5.11 Å². The van der Waals surface area contributed by atoms with Gasteiger partial charge in [-0.25, -0.2) is 0 Å². The Morgan fingerprint density at radius 1 is 1.36 bits per heavy atom. The van der Waals surface area contributed by atoms with E-state index in [1.165, 1.54) is 0 Å². The standard InChI is InChI=1S/C19H26O3/c1-8-19(7,22-16(6)21-9-2)11-10-17-13(3)12-18(20)15(5)14(17)4/h8,12,16,20H,1,9H2,2-7H3. The first-order valence-corrected chi connectivity index (χ1v) is 7.50. The molecule has 0 heterocycles. The van der Waals surface area contributed by atoms with Crippen LogP contribution in [0.25, 0.3) is 0 Å². The molecule has 3 heteroatoms. The average molecular weight is 302 g/mol. The minimum Gasteiger partial charge on any atom is -0.508 e. The van der Waals surface area contributed by atoms with Crippen molar-refractivity contribution in [2.75, 3.05) is 6.61 Å². The Bertz CT molecular complexity index is 607. The second-order valence-corrected chi connectivity index (χ2v) is 5.54. The van der Waals surface area contributed by atoms with Crippen LogP contribution in [0.1, 0.15) is 43.0 Å². The largest absolute Gasteiger partial charge is 0.508 e. The van der Waals surface area contributed by atoms with Gasteiger partial charge in [-0.15, -0.1) is 0 Å². The molecule has 0 amide bonds. The maximum atomic E-state index is 9.85. The number of aryl methyl sites for hydroxylation is 1. The van der Waals surface area contributed by atoms with Gasteiger partial charge in [-0.3, -0.25) is 0 Å². The summed E-state index contributed by atoms with van der Waals surface area (Å²) in [6.07, 6.45) is 1.32. The molecule has 1 aromatic carbocycles. The second kappa shape index (κ2) is 7.49. The van der Waals surface area contributed by atoms with Crippen LogP contribution in [-0.2, 0) is 9.47 Å². The van der Waals surface area contributed by atoms with Crippen molar-refractivity contribution in [2.45, 2.75) is 53.4 Å². The summed E-state index contributed by atoms with van der Waals surface area (Å²) in [4.78, 5) is 0. The molecule has 120 valence electrons. The van der Waals surface area contributed by atoms with Crippen LogP contribution in [0.15, 0.2) is 18.7 Å². The second-order valence-electron chi connectivity index (χ2n) is 5.54. The number of aromatic hydroxyl groups is 1. The number of phenolic OH excluding ortho intramolecular Hbond substituents is 1. The Morgan fingerprint density at radius 3 is 2.55 bits per heavy atom. The minimum absolute atomic E-state index is 0.299. The summed E-state index contributed by atoms with van der Waals surface area (Å²) < 4.78 is 11.2. The molecule has 0 fully saturated rings. The van der Waals surface area contributed by atoms with Crippen LogP contribution in [0.3, 0.4) is 0 Å². The van der Waals surface area contributed by atoms with Crippen LogP contribution in [0, 0.1) is 32.6 Å². The summed E-state index contributed by atoms with van der Waals surface area (Å²) in [5.74, 6) is 6.60. The minimum atomic E-state index is -0.792. The summed E-state index contributed by atoms with van der Waals surface area (Å²) >= 11 is 0. The first-order chi connectivity index (χ1) is 10.2. The summed E-state index contributed by atoms with van der Waals surface area (Å²) in [6.45, 7) is 15.8. The molecule has 2 atom stereocenters. The van der Waals surface area contributed by atoms with Crippen molar-refractivity contribution in [3.05, 3.63) is 41.0 Å². The molecular formula is C19H26O3. The molecule has 0 aromatic heterocycles. The van der Waals surface area contributed by atoms with Crippen molar-refractivity contribution in [2.24, 2.45) is 0 Å². The van der Waals surface area contributed by atoms with E-state index in [0.29, 0.717) is 12.4 Å². The average Bonchev–Trinajstić information content (AvgIpc) is 2.45. The first kappa shape index (κ1) is 18.3. The molecule has 0 aliphatic carbocycles. The van der Waals surface area contributed by atoms with E-state index in [0.717, 1.165) is 22.3 Å². The number of hydrogen-bond acceptors (Lipinski definition) is 3. The fraction of sp³-hybridized carbons (Fsp3) is 0.474. The van der Waals surface area contributed by atoms with Crippen LogP contribution < -0.4 is 0 Å². The van der Waals surface area contributed by atoms with E-state index in [4.69, 9.17) is 9.47 Å². The maximum Gasteiger partial charge on any atom is 0.157 e. The third-order valence-corrected chi connectivity index (χ3v) is 3.71. The Balaban J connectivity index is 3.15. The predicted molar refractivity (Wildman–Crippen MR) is 90.0 cm³/mol. The van der Waals surface area contributed by atoms with E-state index in [2.05, 4.69) is 18.4 Å². The lowest BCUT2D eigenvalue weighted by atomic mass is 9.96. The first-order valence-electron chi connectivity index (χ1n) is 7.50. The monoisotopic (exact) mass is 302 g/mol. The van der Waals surface area contributed by atoms with E-state index in [1.807, 2.05) is 41.5 Å². The summed E-state index contributed by atoms with van der Waals surface area (Å²) in [5.41, 5.74) is 2.89. The summed E-state index contributed by atoms with van der Waals surface area (Å²) in [5, 5.41) is 9.85. The van der Waals surface area contributed by atoms with Gasteiger partial charge in [0, 0.05) is 12.2 Å².